The number of aromatic nitrogens is 2. The lowest BCUT2D eigenvalue weighted by Crippen LogP contribution is -2.46. The Balaban J connectivity index is 1.63. The second-order valence-corrected chi connectivity index (χ2v) is 11.4. The Hall–Kier alpha value is -3.58. The van der Waals surface area contributed by atoms with Crippen molar-refractivity contribution in [2.24, 2.45) is 0 Å². The van der Waals surface area contributed by atoms with Gasteiger partial charge in [-0.3, -0.25) is 5.32 Å². The van der Waals surface area contributed by atoms with E-state index in [1.165, 1.54) is 19.3 Å². The number of ether oxygens (including phenoxy) is 1. The predicted molar refractivity (Wildman–Crippen MR) is 156 cm³/mol. The molecule has 39 heavy (non-hydrogen) atoms. The van der Waals surface area contributed by atoms with E-state index in [-0.39, 0.29) is 0 Å². The number of amides is 1. The summed E-state index contributed by atoms with van der Waals surface area (Å²) in [6.45, 7) is 14.6. The highest BCUT2D eigenvalue weighted by molar-refractivity contribution is 5.93. The lowest BCUT2D eigenvalue weighted by molar-refractivity contribution is 0.0636. The van der Waals surface area contributed by atoms with Gasteiger partial charge in [-0.15, -0.1) is 0 Å². The molecule has 0 spiro atoms. The molecule has 0 atom stereocenters. The van der Waals surface area contributed by atoms with Crippen molar-refractivity contribution in [1.29, 1.82) is 5.26 Å². The van der Waals surface area contributed by atoms with Crippen molar-refractivity contribution >= 4 is 34.9 Å². The largest absolute Gasteiger partial charge is 0.444 e. The van der Waals surface area contributed by atoms with E-state index in [2.05, 4.69) is 54.8 Å². The fourth-order valence-electron chi connectivity index (χ4n) is 5.14. The maximum absolute atomic E-state index is 12.8. The second-order valence-electron chi connectivity index (χ2n) is 11.4. The summed E-state index contributed by atoms with van der Waals surface area (Å²) < 4.78 is 5.56. The summed E-state index contributed by atoms with van der Waals surface area (Å²) in [7, 11) is 0. The number of nitrogens with one attached hydrogen (secondary N) is 3. The summed E-state index contributed by atoms with van der Waals surface area (Å²) >= 11 is 0. The van der Waals surface area contributed by atoms with Gasteiger partial charge in [0.1, 0.15) is 23.1 Å². The Morgan fingerprint density at radius 1 is 1.15 bits per heavy atom. The van der Waals surface area contributed by atoms with Gasteiger partial charge in [-0.2, -0.15) is 10.2 Å². The van der Waals surface area contributed by atoms with Crippen molar-refractivity contribution in [3.8, 4) is 6.07 Å². The molecule has 3 N–H and O–H groups in total. The fourth-order valence-corrected chi connectivity index (χ4v) is 5.14. The normalized spacial score (nSPS) is 16.9. The molecule has 0 radical (unpaired) electrons. The van der Waals surface area contributed by atoms with Gasteiger partial charge < -0.3 is 25.2 Å². The summed E-state index contributed by atoms with van der Waals surface area (Å²) in [5.74, 6) is 0.888. The van der Waals surface area contributed by atoms with E-state index in [1.54, 1.807) is 6.20 Å². The summed E-state index contributed by atoms with van der Waals surface area (Å²) in [4.78, 5) is 26.7. The third-order valence-corrected chi connectivity index (χ3v) is 7.23. The van der Waals surface area contributed by atoms with Crippen molar-refractivity contribution in [2.45, 2.75) is 78.4 Å². The minimum absolute atomic E-state index is 0.298. The van der Waals surface area contributed by atoms with E-state index in [4.69, 9.17) is 4.74 Å². The van der Waals surface area contributed by atoms with Crippen molar-refractivity contribution in [1.82, 2.24) is 14.9 Å². The SMILES string of the molecule is CCN1CCN(c2cc(C)c(Nc3ncc(C#N)c(NC4CCCCC4)n3)c(NC(=O)OC(C)(C)C)c2)CC1. The van der Waals surface area contributed by atoms with Crippen LogP contribution in [0.5, 0.6) is 0 Å². The number of piperazine rings is 1. The van der Waals surface area contributed by atoms with Crippen LogP contribution in [0.15, 0.2) is 18.3 Å². The van der Waals surface area contributed by atoms with Crippen LogP contribution in [-0.2, 0) is 4.74 Å². The van der Waals surface area contributed by atoms with Crippen molar-refractivity contribution in [3.63, 3.8) is 0 Å². The maximum Gasteiger partial charge on any atom is 0.412 e. The molecule has 1 aromatic heterocycles. The number of hydrogen-bond acceptors (Lipinski definition) is 9. The quantitative estimate of drug-likeness (QED) is 0.415. The molecule has 2 fully saturated rings. The number of likely N-dealkylation sites (N-methyl/N-ethyl adjacent to an activating group) is 1. The molecular formula is C29H42N8O2. The van der Waals surface area contributed by atoms with E-state index >= 15 is 0 Å². The molecule has 10 nitrogen and oxygen atoms in total. The minimum Gasteiger partial charge on any atom is -0.444 e. The van der Waals surface area contributed by atoms with E-state index < -0.39 is 11.7 Å². The zero-order chi connectivity index (χ0) is 28.0. The van der Waals surface area contributed by atoms with Gasteiger partial charge in [-0.25, -0.2) is 9.78 Å². The lowest BCUT2D eigenvalue weighted by Gasteiger charge is -2.36. The zero-order valence-corrected chi connectivity index (χ0v) is 23.9. The number of carbonyl (C=O) groups excluding carboxylic acids is 1. The maximum atomic E-state index is 12.8. The standard InChI is InChI=1S/C29H42N8O2/c1-6-36-12-14-37(15-13-36)23-16-20(2)25(24(17-23)33-28(38)39-29(3,4)5)34-27-31-19-21(18-30)26(35-27)32-22-10-8-7-9-11-22/h16-17,19,22H,6-15H2,1-5H3,(H,33,38)(H2,31,32,34,35). The third kappa shape index (κ3) is 7.73. The molecule has 4 rings (SSSR count). The van der Waals surface area contributed by atoms with E-state index in [0.29, 0.717) is 34.7 Å². The Labute approximate surface area is 232 Å². The van der Waals surface area contributed by atoms with Gasteiger partial charge in [-0.1, -0.05) is 26.2 Å². The van der Waals surface area contributed by atoms with Crippen LogP contribution in [0, 0.1) is 18.3 Å². The van der Waals surface area contributed by atoms with Crippen LogP contribution in [0.2, 0.25) is 0 Å². The van der Waals surface area contributed by atoms with Crippen molar-refractivity contribution in [2.75, 3.05) is 53.6 Å². The summed E-state index contributed by atoms with van der Waals surface area (Å²) in [5, 5.41) is 19.4. The van der Waals surface area contributed by atoms with Crippen LogP contribution < -0.4 is 20.9 Å². The number of hydrogen-bond donors (Lipinski definition) is 3. The van der Waals surface area contributed by atoms with Crippen LogP contribution >= 0.6 is 0 Å². The number of aryl methyl sites for hydroxylation is 1. The molecule has 1 aromatic carbocycles. The van der Waals surface area contributed by atoms with Crippen molar-refractivity contribution in [3.05, 3.63) is 29.5 Å². The van der Waals surface area contributed by atoms with Crippen molar-refractivity contribution < 1.29 is 9.53 Å². The van der Waals surface area contributed by atoms with Crippen LogP contribution in [0.3, 0.4) is 0 Å². The molecule has 1 aliphatic heterocycles. The molecule has 210 valence electrons. The number of nitriles is 1. The first kappa shape index (κ1) is 28.4. The Bertz CT molecular complexity index is 1190. The Morgan fingerprint density at radius 3 is 2.51 bits per heavy atom. The number of rotatable bonds is 7. The van der Waals surface area contributed by atoms with Gasteiger partial charge in [0.05, 0.1) is 17.6 Å². The third-order valence-electron chi connectivity index (χ3n) is 7.23. The molecule has 2 aromatic rings. The van der Waals surface area contributed by atoms with Gasteiger partial charge in [0.2, 0.25) is 5.95 Å². The molecule has 1 aliphatic carbocycles. The smallest absolute Gasteiger partial charge is 0.412 e. The first-order valence-electron chi connectivity index (χ1n) is 14.1. The monoisotopic (exact) mass is 534 g/mol. The number of nitrogens with zero attached hydrogens (tertiary/aromatic N) is 5. The Kier molecular flexibility index (Phi) is 9.12. The van der Waals surface area contributed by atoms with Crippen LogP contribution in [0.4, 0.5) is 33.6 Å². The number of anilines is 5. The van der Waals surface area contributed by atoms with Gasteiger partial charge in [0.25, 0.3) is 0 Å². The summed E-state index contributed by atoms with van der Waals surface area (Å²) in [6.07, 6.45) is 6.74. The van der Waals surface area contributed by atoms with Crippen LogP contribution in [-0.4, -0.2) is 65.3 Å². The minimum atomic E-state index is -0.628. The van der Waals surface area contributed by atoms with Gasteiger partial charge in [0, 0.05) is 37.9 Å². The molecule has 0 unspecified atom stereocenters. The second kappa shape index (κ2) is 12.5. The first-order valence-corrected chi connectivity index (χ1v) is 14.1. The van der Waals surface area contributed by atoms with Gasteiger partial charge >= 0.3 is 6.09 Å². The topological polar surface area (TPSA) is 118 Å². The van der Waals surface area contributed by atoms with E-state index in [0.717, 1.165) is 56.8 Å². The highest BCUT2D eigenvalue weighted by atomic mass is 16.6. The molecule has 2 heterocycles. The number of benzene rings is 1. The molecule has 10 heteroatoms. The first-order chi connectivity index (χ1) is 18.6. The average molecular weight is 535 g/mol. The highest BCUT2D eigenvalue weighted by Crippen LogP contribution is 2.35. The molecular weight excluding hydrogens is 492 g/mol. The Morgan fingerprint density at radius 2 is 1.87 bits per heavy atom. The predicted octanol–water partition coefficient (Wildman–Crippen LogP) is 5.63. The zero-order valence-electron chi connectivity index (χ0n) is 23.9. The molecule has 1 saturated carbocycles. The van der Waals surface area contributed by atoms with E-state index in [9.17, 15) is 10.1 Å². The van der Waals surface area contributed by atoms with Crippen LogP contribution in [0.25, 0.3) is 0 Å². The molecule has 1 amide bonds. The van der Waals surface area contributed by atoms with Gasteiger partial charge in [0.15, 0.2) is 0 Å². The highest BCUT2D eigenvalue weighted by Gasteiger charge is 2.22. The number of carbonyl (C=O) groups is 1. The van der Waals surface area contributed by atoms with Crippen LogP contribution in [0.1, 0.15) is 70.9 Å². The molecule has 2 aliphatic rings. The summed E-state index contributed by atoms with van der Waals surface area (Å²) in [6, 6.07) is 6.60. The van der Waals surface area contributed by atoms with E-state index in [1.807, 2.05) is 33.8 Å². The average Bonchev–Trinajstić information content (AvgIpc) is 2.90. The van der Waals surface area contributed by atoms with Gasteiger partial charge in [-0.05, 0) is 64.8 Å². The lowest BCUT2D eigenvalue weighted by atomic mass is 9.95. The molecule has 1 saturated heterocycles. The molecule has 0 bridgehead atoms. The fraction of sp³-hybridized carbons (Fsp3) is 0.586. The summed E-state index contributed by atoms with van der Waals surface area (Å²) in [5.41, 5.74) is 3.04.